The molecule has 0 saturated carbocycles. The molecule has 0 spiro atoms. The summed E-state index contributed by atoms with van der Waals surface area (Å²) in [5.74, 6) is -1.38. The number of hydrogen-bond acceptors (Lipinski definition) is 5. The minimum Gasteiger partial charge on any atom is -0.478 e. The molecular weight excluding hydrogens is 392 g/mol. The highest BCUT2D eigenvalue weighted by Crippen LogP contribution is 2.33. The number of ether oxygens (including phenoxy) is 2. The molecule has 0 bridgehead atoms. The van der Waals surface area contributed by atoms with Crippen LogP contribution in [0.2, 0.25) is 0 Å². The van der Waals surface area contributed by atoms with Crippen LogP contribution >= 0.6 is 22.6 Å². The van der Waals surface area contributed by atoms with E-state index >= 15 is 0 Å². The van der Waals surface area contributed by atoms with E-state index in [4.69, 9.17) is 5.14 Å². The highest BCUT2D eigenvalue weighted by molar-refractivity contribution is 14.1. The number of sulfonamides is 1. The number of halogens is 4. The molecule has 0 fully saturated rings. The molecule has 0 aliphatic heterocycles. The zero-order chi connectivity index (χ0) is 14.1. The SMILES string of the molecule is COc1nc(S(N)(=O)=O)c(I)cc1OC(F)(F)F. The van der Waals surface area contributed by atoms with E-state index in [-0.39, 0.29) is 3.57 Å². The molecule has 0 aromatic carbocycles. The molecule has 0 atom stereocenters. The third-order valence-corrected chi connectivity index (χ3v) is 3.60. The second-order valence-corrected chi connectivity index (χ2v) is 5.51. The van der Waals surface area contributed by atoms with Gasteiger partial charge in [0, 0.05) is 6.07 Å². The summed E-state index contributed by atoms with van der Waals surface area (Å²) in [7, 11) is -3.14. The molecule has 0 amide bonds. The molecule has 0 radical (unpaired) electrons. The van der Waals surface area contributed by atoms with Crippen molar-refractivity contribution in [1.82, 2.24) is 4.98 Å². The molecule has 6 nitrogen and oxygen atoms in total. The topological polar surface area (TPSA) is 91.5 Å². The van der Waals surface area contributed by atoms with Crippen LogP contribution < -0.4 is 14.6 Å². The van der Waals surface area contributed by atoms with Gasteiger partial charge in [-0.15, -0.1) is 13.2 Å². The Balaban J connectivity index is 3.37. The molecule has 11 heteroatoms. The van der Waals surface area contributed by atoms with Gasteiger partial charge in [0.25, 0.3) is 15.9 Å². The average molecular weight is 398 g/mol. The van der Waals surface area contributed by atoms with Gasteiger partial charge in [-0.05, 0) is 22.6 Å². The van der Waals surface area contributed by atoms with E-state index in [2.05, 4.69) is 14.5 Å². The number of nitrogens with two attached hydrogens (primary N) is 1. The summed E-state index contributed by atoms with van der Waals surface area (Å²) in [6.07, 6.45) is -4.94. The highest BCUT2D eigenvalue weighted by atomic mass is 127. The highest BCUT2D eigenvalue weighted by Gasteiger charge is 2.34. The zero-order valence-electron chi connectivity index (χ0n) is 8.66. The van der Waals surface area contributed by atoms with Gasteiger partial charge in [0.2, 0.25) is 0 Å². The molecule has 18 heavy (non-hydrogen) atoms. The first-order valence-electron chi connectivity index (χ1n) is 4.07. The predicted molar refractivity (Wildman–Crippen MR) is 61.6 cm³/mol. The summed E-state index contributed by atoms with van der Waals surface area (Å²) in [5, 5.41) is 4.26. The van der Waals surface area contributed by atoms with Crippen molar-refractivity contribution in [2.75, 3.05) is 7.11 Å². The summed E-state index contributed by atoms with van der Waals surface area (Å²) in [5.41, 5.74) is 0. The Hall–Kier alpha value is -0.820. The van der Waals surface area contributed by atoms with E-state index < -0.39 is 33.0 Å². The van der Waals surface area contributed by atoms with Crippen LogP contribution in [-0.4, -0.2) is 26.9 Å². The van der Waals surface area contributed by atoms with Crippen molar-refractivity contribution in [3.05, 3.63) is 9.64 Å². The lowest BCUT2D eigenvalue weighted by Crippen LogP contribution is -2.20. The van der Waals surface area contributed by atoms with Gasteiger partial charge in [0.15, 0.2) is 10.8 Å². The number of aromatic nitrogens is 1. The van der Waals surface area contributed by atoms with E-state index in [9.17, 15) is 21.6 Å². The van der Waals surface area contributed by atoms with Gasteiger partial charge in [-0.2, -0.15) is 4.98 Å². The Kier molecular flexibility index (Phi) is 4.27. The van der Waals surface area contributed by atoms with Gasteiger partial charge in [0.1, 0.15) is 0 Å². The van der Waals surface area contributed by atoms with Crippen molar-refractivity contribution in [3.8, 4) is 11.6 Å². The van der Waals surface area contributed by atoms with Gasteiger partial charge >= 0.3 is 6.36 Å². The van der Waals surface area contributed by atoms with Crippen LogP contribution in [0.5, 0.6) is 11.6 Å². The number of hydrogen-bond donors (Lipinski definition) is 1. The molecular formula is C7H6F3IN2O4S. The summed E-state index contributed by atoms with van der Waals surface area (Å²) in [6, 6.07) is 0.819. The van der Waals surface area contributed by atoms with Gasteiger partial charge in [-0.1, -0.05) is 0 Å². The van der Waals surface area contributed by atoms with Gasteiger partial charge < -0.3 is 9.47 Å². The molecule has 0 aliphatic carbocycles. The first kappa shape index (κ1) is 15.2. The van der Waals surface area contributed by atoms with Crippen molar-refractivity contribution >= 4 is 32.6 Å². The van der Waals surface area contributed by atoms with Crippen LogP contribution in [0.1, 0.15) is 0 Å². The molecule has 2 N–H and O–H groups in total. The number of alkyl halides is 3. The van der Waals surface area contributed by atoms with E-state index in [0.29, 0.717) is 0 Å². The summed E-state index contributed by atoms with van der Waals surface area (Å²) >= 11 is 1.47. The van der Waals surface area contributed by atoms with E-state index in [1.807, 2.05) is 0 Å². The number of primary sulfonamides is 1. The third-order valence-electron chi connectivity index (χ3n) is 1.56. The van der Waals surface area contributed by atoms with Gasteiger partial charge in [0.05, 0.1) is 10.7 Å². The zero-order valence-corrected chi connectivity index (χ0v) is 11.6. The first-order valence-corrected chi connectivity index (χ1v) is 6.70. The maximum Gasteiger partial charge on any atom is 0.573 e. The molecule has 1 aromatic heterocycles. The van der Waals surface area contributed by atoms with E-state index in [1.54, 1.807) is 0 Å². The van der Waals surface area contributed by atoms with Crippen molar-refractivity contribution in [2.24, 2.45) is 5.14 Å². The lowest BCUT2D eigenvalue weighted by molar-refractivity contribution is -0.275. The minimum absolute atomic E-state index is 0.116. The normalized spacial score (nSPS) is 12.3. The van der Waals surface area contributed by atoms with Crippen molar-refractivity contribution in [2.45, 2.75) is 11.4 Å². The maximum absolute atomic E-state index is 12.1. The fraction of sp³-hybridized carbons (Fsp3) is 0.286. The average Bonchev–Trinajstić information content (AvgIpc) is 2.13. The first-order chi connectivity index (χ1) is 8.04. The van der Waals surface area contributed by atoms with Crippen molar-refractivity contribution in [1.29, 1.82) is 0 Å². The van der Waals surface area contributed by atoms with Gasteiger partial charge in [-0.25, -0.2) is 13.6 Å². The molecule has 0 aliphatic rings. The second kappa shape index (κ2) is 5.05. The largest absolute Gasteiger partial charge is 0.573 e. The number of rotatable bonds is 3. The van der Waals surface area contributed by atoms with E-state index in [1.165, 1.54) is 22.6 Å². The Morgan fingerprint density at radius 3 is 2.39 bits per heavy atom. The smallest absolute Gasteiger partial charge is 0.478 e. The number of nitrogens with zero attached hydrogens (tertiary/aromatic N) is 1. The van der Waals surface area contributed by atoms with Crippen LogP contribution in [0, 0.1) is 3.57 Å². The van der Waals surface area contributed by atoms with Gasteiger partial charge in [-0.3, -0.25) is 0 Å². The van der Waals surface area contributed by atoms with Crippen molar-refractivity contribution < 1.29 is 31.1 Å². The fourth-order valence-electron chi connectivity index (χ4n) is 0.983. The number of methoxy groups -OCH3 is 1. The van der Waals surface area contributed by atoms with Crippen LogP contribution in [0.25, 0.3) is 0 Å². The monoisotopic (exact) mass is 398 g/mol. The summed E-state index contributed by atoms with van der Waals surface area (Å²) in [6.45, 7) is 0. The number of pyridine rings is 1. The molecule has 1 rings (SSSR count). The van der Waals surface area contributed by atoms with Crippen LogP contribution in [-0.2, 0) is 10.0 Å². The standard InChI is InChI=1S/C7H6F3IN2O4S/c1-16-5-4(17-7(8,9)10)2-3(11)6(13-5)18(12,14)15/h2H,1H3,(H2,12,14,15). The van der Waals surface area contributed by atoms with Crippen LogP contribution in [0.15, 0.2) is 11.1 Å². The molecule has 0 unspecified atom stereocenters. The summed E-state index contributed by atoms with van der Waals surface area (Å²) < 4.78 is 66.5. The molecule has 0 saturated heterocycles. The quantitative estimate of drug-likeness (QED) is 0.774. The molecule has 1 heterocycles. The second-order valence-electron chi connectivity index (χ2n) is 2.88. The summed E-state index contributed by atoms with van der Waals surface area (Å²) in [4.78, 5) is 3.38. The van der Waals surface area contributed by atoms with Crippen molar-refractivity contribution in [3.63, 3.8) is 0 Å². The fourth-order valence-corrected chi connectivity index (χ4v) is 2.85. The van der Waals surface area contributed by atoms with Crippen LogP contribution in [0.4, 0.5) is 13.2 Å². The molecule has 1 aromatic rings. The Labute approximate surface area is 113 Å². The Morgan fingerprint density at radius 1 is 1.44 bits per heavy atom. The maximum atomic E-state index is 12.1. The van der Waals surface area contributed by atoms with Crippen LogP contribution in [0.3, 0.4) is 0 Å². The minimum atomic E-state index is -4.94. The molecule has 102 valence electrons. The Morgan fingerprint density at radius 2 is 2.00 bits per heavy atom. The lowest BCUT2D eigenvalue weighted by Gasteiger charge is -2.13. The van der Waals surface area contributed by atoms with E-state index in [0.717, 1.165) is 13.2 Å². The third kappa shape index (κ3) is 3.84. The predicted octanol–water partition coefficient (Wildman–Crippen LogP) is 1.24. The Bertz CT molecular complexity index is 561. The lowest BCUT2D eigenvalue weighted by atomic mass is 10.4.